The van der Waals surface area contributed by atoms with Crippen LogP contribution in [0, 0.1) is 157 Å². The van der Waals surface area contributed by atoms with E-state index >= 15 is 0 Å². The van der Waals surface area contributed by atoms with E-state index in [2.05, 4.69) is 132 Å². The van der Waals surface area contributed by atoms with Crippen molar-refractivity contribution in [3.8, 4) is 0 Å². The largest absolute Gasteiger partial charge is 0.0628 e. The summed E-state index contributed by atoms with van der Waals surface area (Å²) in [5, 5.41) is 0. The van der Waals surface area contributed by atoms with E-state index in [1.807, 2.05) is 0 Å². The molecule has 1 spiro atoms. The molecule has 0 saturated heterocycles. The maximum Gasteiger partial charge on any atom is -0.0295 e. The molecule has 17 saturated carbocycles. The molecule has 17 aliphatic rings. The van der Waals surface area contributed by atoms with E-state index in [0.717, 1.165) is 130 Å². The summed E-state index contributed by atoms with van der Waals surface area (Å²) in [5.74, 6) is 22.9. The highest BCUT2D eigenvalue weighted by atomic mass is 14.5. The zero-order valence-electron chi connectivity index (χ0n) is 63.8. The third kappa shape index (κ3) is 24.6. The van der Waals surface area contributed by atoms with Crippen LogP contribution in [0.3, 0.4) is 0 Å². The van der Waals surface area contributed by atoms with Gasteiger partial charge in [0, 0.05) is 0 Å². The quantitative estimate of drug-likeness (QED) is 0.216. The van der Waals surface area contributed by atoms with Crippen molar-refractivity contribution in [3.63, 3.8) is 0 Å². The molecule has 88 heavy (non-hydrogen) atoms. The molecule has 0 aliphatic heterocycles. The minimum Gasteiger partial charge on any atom is -0.0628 e. The van der Waals surface area contributed by atoms with E-state index in [0.29, 0.717) is 27.1 Å². The van der Waals surface area contributed by atoms with Crippen LogP contribution in [0.1, 0.15) is 401 Å². The topological polar surface area (TPSA) is 0 Å². The van der Waals surface area contributed by atoms with Crippen LogP contribution in [-0.2, 0) is 0 Å². The van der Waals surface area contributed by atoms with Gasteiger partial charge in [-0.3, -0.25) is 0 Å². The van der Waals surface area contributed by atoms with Gasteiger partial charge in [-0.05, 0) is 330 Å². The smallest absolute Gasteiger partial charge is 0.0295 e. The predicted molar refractivity (Wildman–Crippen MR) is 390 cm³/mol. The van der Waals surface area contributed by atoms with Crippen LogP contribution in [0.4, 0.5) is 0 Å². The van der Waals surface area contributed by atoms with Crippen molar-refractivity contribution in [2.45, 2.75) is 401 Å². The van der Waals surface area contributed by atoms with Gasteiger partial charge in [-0.1, -0.05) is 228 Å². The first-order chi connectivity index (χ1) is 41.2. The summed E-state index contributed by atoms with van der Waals surface area (Å²) in [6.45, 7) is 45.4. The van der Waals surface area contributed by atoms with Crippen molar-refractivity contribution in [2.24, 2.45) is 157 Å². The normalized spacial score (nSPS) is 38.9. The molecule has 0 aromatic carbocycles. The van der Waals surface area contributed by atoms with Crippen LogP contribution in [0.15, 0.2) is 0 Å². The molecule has 17 fully saturated rings. The molecule has 12 bridgehead atoms. The lowest BCUT2D eigenvalue weighted by molar-refractivity contribution is -0.0126. The number of fused-ring (bicyclic) bond motifs is 13. The Kier molecular flexibility index (Phi) is 27.1. The van der Waals surface area contributed by atoms with Gasteiger partial charge < -0.3 is 0 Å². The van der Waals surface area contributed by atoms with Crippen molar-refractivity contribution in [3.05, 3.63) is 0 Å². The van der Waals surface area contributed by atoms with E-state index in [1.54, 1.807) is 161 Å². The summed E-state index contributed by atoms with van der Waals surface area (Å²) in [6, 6.07) is 0. The van der Waals surface area contributed by atoms with Gasteiger partial charge in [0.15, 0.2) is 0 Å². The van der Waals surface area contributed by atoms with Crippen molar-refractivity contribution in [1.82, 2.24) is 0 Å². The van der Waals surface area contributed by atoms with Crippen LogP contribution in [0.5, 0.6) is 0 Å². The summed E-state index contributed by atoms with van der Waals surface area (Å²) in [6.07, 6.45) is 64.6. The van der Waals surface area contributed by atoms with Crippen LogP contribution < -0.4 is 0 Å². The summed E-state index contributed by atoms with van der Waals surface area (Å²) in [4.78, 5) is 0. The molecule has 0 heterocycles. The molecule has 0 aromatic rings. The molecular formula is C88H162. The Morgan fingerprint density at radius 1 is 0.273 bits per heavy atom. The zero-order valence-corrected chi connectivity index (χ0v) is 63.8. The molecule has 514 valence electrons. The highest BCUT2D eigenvalue weighted by molar-refractivity contribution is 4.97. The minimum absolute atomic E-state index is 0.557. The first-order valence-corrected chi connectivity index (χ1v) is 41.2. The molecule has 0 radical (unpaired) electrons. The Morgan fingerprint density at radius 3 is 1.08 bits per heavy atom. The molecular weight excluding hydrogens is 1060 g/mol. The van der Waals surface area contributed by atoms with E-state index < -0.39 is 0 Å². The average Bonchev–Trinajstić information content (AvgIpc) is 2.41. The highest BCUT2D eigenvalue weighted by Gasteiger charge is 2.46. The Hall–Kier alpha value is 0. The molecule has 0 aromatic heterocycles. The van der Waals surface area contributed by atoms with Crippen molar-refractivity contribution < 1.29 is 0 Å². The molecule has 0 N–H and O–H groups in total. The van der Waals surface area contributed by atoms with Gasteiger partial charge in [-0.2, -0.15) is 0 Å². The second-order valence-corrected chi connectivity index (χ2v) is 43.4. The van der Waals surface area contributed by atoms with Crippen LogP contribution >= 0.6 is 0 Å². The first-order valence-electron chi connectivity index (χ1n) is 41.2. The number of hydrogen-bond donors (Lipinski definition) is 0. The molecule has 11 atom stereocenters. The summed E-state index contributed by atoms with van der Waals surface area (Å²) in [7, 11) is 0. The monoisotopic (exact) mass is 1220 g/mol. The predicted octanol–water partition coefficient (Wildman–Crippen LogP) is 28.7. The van der Waals surface area contributed by atoms with Crippen LogP contribution in [0.2, 0.25) is 0 Å². The Balaban J connectivity index is 0.000000133. The maximum absolute atomic E-state index is 2.40. The number of hydrogen-bond acceptors (Lipinski definition) is 0. The summed E-state index contributed by atoms with van der Waals surface area (Å²) < 4.78 is 0. The maximum atomic E-state index is 2.40. The highest BCUT2D eigenvalue weighted by Crippen LogP contribution is 2.57. The fourth-order valence-corrected chi connectivity index (χ4v) is 24.8. The van der Waals surface area contributed by atoms with Gasteiger partial charge in [-0.15, -0.1) is 0 Å². The van der Waals surface area contributed by atoms with Gasteiger partial charge in [0.05, 0.1) is 0 Å². The Morgan fingerprint density at radius 2 is 0.659 bits per heavy atom. The van der Waals surface area contributed by atoms with Crippen molar-refractivity contribution in [1.29, 1.82) is 0 Å². The Labute approximate surface area is 554 Å². The standard InChI is InChI=1S/C14H26.2C13H24.4C12H22/c1-12(2)10-13-6-5-9-14(11-13)7-3-4-8-14;1-13(2,3)9-12-7-10-4-5-11(6-10)8-12;1-13(2,3)9-12-10-5-4-6-11(12)8-7-10;1-12(2,3)8-11-6-9-4-10(5-9)7-11;1-12(2,3)8-11-7-9-4-5-10(11)6-9;1-12(2,3)8-11-9-5-4-6-10(11)7-9;1-9(2)7-12-8-10-3-5-11(12)6-4-10/h12-13H,3-11H2,1-2H3;2*10-12H,4-9H2,1-3H3;3*9-11H,4-8H2,1-3H3;9-12H,3-8H2,1-2H3. The molecule has 0 heteroatoms. The zero-order chi connectivity index (χ0) is 63.8. The average molecular weight is 1220 g/mol. The van der Waals surface area contributed by atoms with Gasteiger partial charge in [0.25, 0.3) is 0 Å². The van der Waals surface area contributed by atoms with Crippen LogP contribution in [0.25, 0.3) is 0 Å². The first kappa shape index (κ1) is 73.8. The van der Waals surface area contributed by atoms with Gasteiger partial charge in [0.1, 0.15) is 0 Å². The number of rotatable bonds is 9. The van der Waals surface area contributed by atoms with Gasteiger partial charge in [0.2, 0.25) is 0 Å². The van der Waals surface area contributed by atoms with E-state index in [9.17, 15) is 0 Å². The molecule has 17 rings (SSSR count). The van der Waals surface area contributed by atoms with Crippen LogP contribution in [-0.4, -0.2) is 0 Å². The fraction of sp³-hybridized carbons (Fsp3) is 1.00. The van der Waals surface area contributed by atoms with E-state index in [-0.39, 0.29) is 0 Å². The van der Waals surface area contributed by atoms with Gasteiger partial charge in [-0.25, -0.2) is 0 Å². The lowest BCUT2D eigenvalue weighted by Gasteiger charge is -2.51. The van der Waals surface area contributed by atoms with Crippen molar-refractivity contribution >= 4 is 0 Å². The third-order valence-electron chi connectivity index (χ3n) is 27.6. The second-order valence-electron chi connectivity index (χ2n) is 43.4. The third-order valence-corrected chi connectivity index (χ3v) is 27.6. The van der Waals surface area contributed by atoms with E-state index in [1.165, 1.54) is 109 Å². The lowest BCUT2D eigenvalue weighted by atomic mass is 9.54. The molecule has 0 nitrogen and oxygen atoms in total. The summed E-state index contributed by atoms with van der Waals surface area (Å²) >= 11 is 0. The lowest BCUT2D eigenvalue weighted by Crippen LogP contribution is -2.42. The minimum atomic E-state index is 0.557. The SMILES string of the molecule is CC(C)(C)CC1C2CCCC1C2.CC(C)(C)CC1C2CCCC1CC2.CC(C)(C)CC1CC2CC(C2)C1.CC(C)(C)CC1CC2CCC(C2)C1.CC(C)(C)CC1CC2CCC1C2.CC(C)CC1CC2CCC1CC2.CC(C)CC1CCCC2(CCCC2)C1. The molecule has 11 unspecified atom stereocenters. The van der Waals surface area contributed by atoms with E-state index in [4.69, 9.17) is 0 Å². The van der Waals surface area contributed by atoms with Crippen molar-refractivity contribution in [2.75, 3.05) is 0 Å². The molecule has 0 amide bonds. The Bertz CT molecular complexity index is 1870. The van der Waals surface area contributed by atoms with Gasteiger partial charge >= 0.3 is 0 Å². The molecule has 17 aliphatic carbocycles. The fourth-order valence-electron chi connectivity index (χ4n) is 24.8. The second kappa shape index (κ2) is 32.4. The summed E-state index contributed by atoms with van der Waals surface area (Å²) in [5.41, 5.74) is 3.64.